The zero-order chi connectivity index (χ0) is 13.2. The van der Waals surface area contributed by atoms with E-state index in [0.717, 1.165) is 51.9 Å². The van der Waals surface area contributed by atoms with Gasteiger partial charge in [0, 0.05) is 37.6 Å². The number of ether oxygens (including phenoxy) is 1. The molecule has 1 unspecified atom stereocenters. The first-order valence-electron chi connectivity index (χ1n) is 7.41. The highest BCUT2D eigenvalue weighted by Gasteiger charge is 2.41. The Labute approximate surface area is 111 Å². The van der Waals surface area contributed by atoms with Crippen LogP contribution in [0.4, 0.5) is 0 Å². The van der Waals surface area contributed by atoms with Crippen LogP contribution < -0.4 is 0 Å². The number of carbonyl (C=O) groups excluding carboxylic acids is 1. The molecule has 0 radical (unpaired) electrons. The van der Waals surface area contributed by atoms with Crippen LogP contribution in [0, 0.1) is 11.3 Å². The van der Waals surface area contributed by atoms with Crippen molar-refractivity contribution in [1.82, 2.24) is 4.90 Å². The average Bonchev–Trinajstić information content (AvgIpc) is 2.59. The minimum Gasteiger partial charge on any atom is -0.378 e. The van der Waals surface area contributed by atoms with Gasteiger partial charge in [-0.15, -0.1) is 0 Å². The number of rotatable bonds is 4. The van der Waals surface area contributed by atoms with Gasteiger partial charge in [0.1, 0.15) is 5.78 Å². The van der Waals surface area contributed by atoms with Crippen molar-refractivity contribution in [2.75, 3.05) is 26.2 Å². The Balaban J connectivity index is 1.77. The lowest BCUT2D eigenvalue weighted by molar-refractivity contribution is -0.128. The molecule has 18 heavy (non-hydrogen) atoms. The first-order valence-corrected chi connectivity index (χ1v) is 7.41. The molecule has 0 bridgehead atoms. The van der Waals surface area contributed by atoms with Crippen LogP contribution >= 0.6 is 0 Å². The molecule has 1 aliphatic heterocycles. The Morgan fingerprint density at radius 2 is 1.94 bits per heavy atom. The zero-order valence-electron chi connectivity index (χ0n) is 12.1. The van der Waals surface area contributed by atoms with E-state index in [-0.39, 0.29) is 11.3 Å². The standard InChI is InChI=1S/C15H27NO2/c1-4-18-13-6-9-16(10-7-13)11-12-5-8-15(2,3)14(12)17/h12-13H,4-11H2,1-3H3. The van der Waals surface area contributed by atoms with E-state index < -0.39 is 0 Å². The van der Waals surface area contributed by atoms with Crippen molar-refractivity contribution >= 4 is 5.78 Å². The highest BCUT2D eigenvalue weighted by atomic mass is 16.5. The summed E-state index contributed by atoms with van der Waals surface area (Å²) >= 11 is 0. The van der Waals surface area contributed by atoms with Gasteiger partial charge in [0.25, 0.3) is 0 Å². The molecule has 1 saturated carbocycles. The van der Waals surface area contributed by atoms with E-state index in [9.17, 15) is 4.79 Å². The van der Waals surface area contributed by atoms with Gasteiger partial charge in [-0.05, 0) is 32.6 Å². The first-order chi connectivity index (χ1) is 8.53. The van der Waals surface area contributed by atoms with Crippen molar-refractivity contribution in [2.24, 2.45) is 11.3 Å². The molecular weight excluding hydrogens is 226 g/mol. The number of piperidine rings is 1. The fourth-order valence-electron chi connectivity index (χ4n) is 3.32. The van der Waals surface area contributed by atoms with E-state index in [1.807, 2.05) is 0 Å². The van der Waals surface area contributed by atoms with Crippen LogP contribution in [0.5, 0.6) is 0 Å². The summed E-state index contributed by atoms with van der Waals surface area (Å²) in [6.07, 6.45) is 4.83. The number of likely N-dealkylation sites (tertiary alicyclic amines) is 1. The van der Waals surface area contributed by atoms with Crippen molar-refractivity contribution < 1.29 is 9.53 Å². The van der Waals surface area contributed by atoms with E-state index in [0.29, 0.717) is 11.9 Å². The Kier molecular flexibility index (Phi) is 4.44. The van der Waals surface area contributed by atoms with E-state index in [4.69, 9.17) is 4.74 Å². The van der Waals surface area contributed by atoms with Gasteiger partial charge in [-0.1, -0.05) is 13.8 Å². The first kappa shape index (κ1) is 14.0. The maximum Gasteiger partial charge on any atom is 0.142 e. The molecule has 0 aromatic rings. The normalized spacial score (nSPS) is 29.9. The molecule has 2 rings (SSSR count). The number of Topliss-reactive ketones (excluding diaryl/α,β-unsaturated/α-hetero) is 1. The maximum atomic E-state index is 12.2. The lowest BCUT2D eigenvalue weighted by atomic mass is 9.89. The van der Waals surface area contributed by atoms with Crippen LogP contribution in [0.15, 0.2) is 0 Å². The fraction of sp³-hybridized carbons (Fsp3) is 0.933. The zero-order valence-corrected chi connectivity index (χ0v) is 12.1. The number of carbonyl (C=O) groups is 1. The molecule has 1 saturated heterocycles. The van der Waals surface area contributed by atoms with Gasteiger partial charge in [0.05, 0.1) is 6.10 Å². The average molecular weight is 253 g/mol. The van der Waals surface area contributed by atoms with Gasteiger partial charge in [-0.3, -0.25) is 4.79 Å². The van der Waals surface area contributed by atoms with Crippen LogP contribution in [-0.4, -0.2) is 43.0 Å². The van der Waals surface area contributed by atoms with E-state index in [2.05, 4.69) is 25.7 Å². The number of hydrogen-bond donors (Lipinski definition) is 0. The predicted molar refractivity (Wildman–Crippen MR) is 72.6 cm³/mol. The van der Waals surface area contributed by atoms with Crippen LogP contribution in [0.25, 0.3) is 0 Å². The quantitative estimate of drug-likeness (QED) is 0.771. The summed E-state index contributed by atoms with van der Waals surface area (Å²) in [7, 11) is 0. The van der Waals surface area contributed by atoms with Gasteiger partial charge in [-0.2, -0.15) is 0 Å². The van der Waals surface area contributed by atoms with Crippen LogP contribution in [-0.2, 0) is 9.53 Å². The molecule has 0 aromatic carbocycles. The summed E-state index contributed by atoms with van der Waals surface area (Å²) in [5.41, 5.74) is -0.0751. The van der Waals surface area contributed by atoms with Crippen molar-refractivity contribution in [1.29, 1.82) is 0 Å². The van der Waals surface area contributed by atoms with E-state index in [1.54, 1.807) is 0 Å². The molecule has 0 amide bonds. The maximum absolute atomic E-state index is 12.2. The van der Waals surface area contributed by atoms with Crippen molar-refractivity contribution in [3.63, 3.8) is 0 Å². The lowest BCUT2D eigenvalue weighted by Gasteiger charge is -2.33. The van der Waals surface area contributed by atoms with Crippen LogP contribution in [0.2, 0.25) is 0 Å². The van der Waals surface area contributed by atoms with Gasteiger partial charge in [0.15, 0.2) is 0 Å². The van der Waals surface area contributed by atoms with Crippen molar-refractivity contribution in [3.8, 4) is 0 Å². The number of ketones is 1. The summed E-state index contributed by atoms with van der Waals surface area (Å²) < 4.78 is 5.66. The van der Waals surface area contributed by atoms with Gasteiger partial charge < -0.3 is 9.64 Å². The molecule has 1 atom stereocenters. The minimum atomic E-state index is -0.0751. The monoisotopic (exact) mass is 253 g/mol. The fourth-order valence-corrected chi connectivity index (χ4v) is 3.32. The summed E-state index contributed by atoms with van der Waals surface area (Å²) in [4.78, 5) is 14.7. The molecular formula is C15H27NO2. The van der Waals surface area contributed by atoms with Crippen LogP contribution in [0.3, 0.4) is 0 Å². The largest absolute Gasteiger partial charge is 0.378 e. The smallest absolute Gasteiger partial charge is 0.142 e. The highest BCUT2D eigenvalue weighted by Crippen LogP contribution is 2.38. The summed E-state index contributed by atoms with van der Waals surface area (Å²) in [6, 6.07) is 0. The third-order valence-corrected chi connectivity index (χ3v) is 4.57. The molecule has 2 fully saturated rings. The van der Waals surface area contributed by atoms with Gasteiger partial charge >= 0.3 is 0 Å². The second kappa shape index (κ2) is 5.70. The molecule has 1 heterocycles. The van der Waals surface area contributed by atoms with Crippen molar-refractivity contribution in [3.05, 3.63) is 0 Å². The second-order valence-electron chi connectivity index (χ2n) is 6.44. The molecule has 0 aromatic heterocycles. The van der Waals surface area contributed by atoms with E-state index >= 15 is 0 Å². The molecule has 3 heteroatoms. The SMILES string of the molecule is CCOC1CCN(CC2CCC(C)(C)C2=O)CC1. The van der Waals surface area contributed by atoms with Gasteiger partial charge in [-0.25, -0.2) is 0 Å². The number of nitrogens with zero attached hydrogens (tertiary/aromatic N) is 1. The second-order valence-corrected chi connectivity index (χ2v) is 6.44. The summed E-state index contributed by atoms with van der Waals surface area (Å²) in [6.45, 7) is 10.2. The molecule has 0 spiro atoms. The number of hydrogen-bond acceptors (Lipinski definition) is 3. The Morgan fingerprint density at radius 3 is 2.44 bits per heavy atom. The Hall–Kier alpha value is -0.410. The minimum absolute atomic E-state index is 0.0751. The summed E-state index contributed by atoms with van der Waals surface area (Å²) in [5.74, 6) is 0.762. The highest BCUT2D eigenvalue weighted by molar-refractivity contribution is 5.88. The van der Waals surface area contributed by atoms with Gasteiger partial charge in [0.2, 0.25) is 0 Å². The van der Waals surface area contributed by atoms with Crippen LogP contribution in [0.1, 0.15) is 46.5 Å². The third kappa shape index (κ3) is 3.12. The third-order valence-electron chi connectivity index (χ3n) is 4.57. The molecule has 2 aliphatic rings. The van der Waals surface area contributed by atoms with E-state index in [1.165, 1.54) is 0 Å². The molecule has 104 valence electrons. The summed E-state index contributed by atoms with van der Waals surface area (Å²) in [5, 5.41) is 0. The van der Waals surface area contributed by atoms with Crippen molar-refractivity contribution in [2.45, 2.75) is 52.6 Å². The Morgan fingerprint density at radius 1 is 1.28 bits per heavy atom. The molecule has 3 nitrogen and oxygen atoms in total. The molecule has 1 aliphatic carbocycles. The lowest BCUT2D eigenvalue weighted by Crippen LogP contribution is -2.41. The predicted octanol–water partition coefficient (Wildman–Crippen LogP) is 2.49. The topological polar surface area (TPSA) is 29.5 Å². The molecule has 0 N–H and O–H groups in total. The Bertz CT molecular complexity index is 293.